The van der Waals surface area contributed by atoms with E-state index in [0.29, 0.717) is 0 Å². The summed E-state index contributed by atoms with van der Waals surface area (Å²) in [5, 5.41) is 2.65. The Balaban J connectivity index is 1.00. The highest BCUT2D eigenvalue weighted by Crippen LogP contribution is 2.64. The van der Waals surface area contributed by atoms with E-state index in [2.05, 4.69) is 242 Å². The monoisotopic (exact) mass is 843 g/mol. The third kappa shape index (κ3) is 4.87. The molecule has 304 valence electrons. The molecular weight excluding hydrogens is 803 g/mol. The average Bonchev–Trinajstić information content (AvgIpc) is 4.07. The van der Waals surface area contributed by atoms with Crippen molar-refractivity contribution in [1.29, 1.82) is 0 Å². The summed E-state index contributed by atoms with van der Waals surface area (Å²) in [4.78, 5) is 2.48. The normalized spacial score (nSPS) is 15.6. The van der Waals surface area contributed by atoms with Gasteiger partial charge in [-0.3, -0.25) is 0 Å². The Morgan fingerprint density at radius 3 is 1.52 bits per heavy atom. The molecule has 0 fully saturated rings. The molecule has 1 heterocycles. The van der Waals surface area contributed by atoms with Crippen LogP contribution in [0.3, 0.4) is 0 Å². The maximum Gasteiger partial charge on any atom is 0.0726 e. The first-order chi connectivity index (χ1) is 32.1. The molecule has 3 aliphatic carbocycles. The van der Waals surface area contributed by atoms with Crippen molar-refractivity contribution in [2.45, 2.75) is 17.8 Å². The van der Waals surface area contributed by atoms with E-state index < -0.39 is 10.8 Å². The smallest absolute Gasteiger partial charge is 0.0726 e. The Morgan fingerprint density at radius 1 is 0.338 bits per heavy atom. The van der Waals surface area contributed by atoms with Crippen LogP contribution in [-0.4, -0.2) is 0 Å². The summed E-state index contributed by atoms with van der Waals surface area (Å²) >= 11 is 1.90. The largest absolute Gasteiger partial charge is 0.310 e. The molecule has 0 N–H and O–H groups in total. The van der Waals surface area contributed by atoms with Crippen LogP contribution in [0.15, 0.2) is 231 Å². The molecule has 0 amide bonds. The Bertz CT molecular complexity index is 3680. The third-order valence-corrected chi connectivity index (χ3v) is 16.2. The van der Waals surface area contributed by atoms with Gasteiger partial charge in [0.25, 0.3) is 0 Å². The highest BCUT2D eigenvalue weighted by Gasteiger charge is 2.52. The van der Waals surface area contributed by atoms with Crippen LogP contribution in [0.1, 0.15) is 45.9 Å². The van der Waals surface area contributed by atoms with Crippen molar-refractivity contribution >= 4 is 48.6 Å². The van der Waals surface area contributed by atoms with Crippen molar-refractivity contribution in [2.75, 3.05) is 4.90 Å². The number of para-hydroxylation sites is 1. The van der Waals surface area contributed by atoms with Gasteiger partial charge in [-0.2, -0.15) is 0 Å². The molecule has 2 heteroatoms. The fraction of sp³-hybridized carbons (Fsp3) is 0.0476. The van der Waals surface area contributed by atoms with E-state index in [0.717, 1.165) is 17.1 Å². The summed E-state index contributed by atoms with van der Waals surface area (Å²) in [6.45, 7) is 2.44. The van der Waals surface area contributed by atoms with Gasteiger partial charge >= 0.3 is 0 Å². The maximum absolute atomic E-state index is 2.50. The molecule has 14 rings (SSSR count). The number of nitrogens with zero attached hydrogens (tertiary/aromatic N) is 1. The van der Waals surface area contributed by atoms with E-state index in [4.69, 9.17) is 0 Å². The molecule has 10 aromatic carbocycles. The van der Waals surface area contributed by atoms with Crippen molar-refractivity contribution in [3.05, 3.63) is 269 Å². The molecule has 0 bridgehead atoms. The van der Waals surface area contributed by atoms with Gasteiger partial charge in [-0.05, 0) is 127 Å². The Morgan fingerprint density at radius 2 is 0.831 bits per heavy atom. The number of thiophene rings is 1. The zero-order chi connectivity index (χ0) is 42.9. The van der Waals surface area contributed by atoms with Gasteiger partial charge in [0.2, 0.25) is 0 Å². The molecule has 65 heavy (non-hydrogen) atoms. The van der Waals surface area contributed by atoms with Crippen LogP contribution in [0.5, 0.6) is 0 Å². The fourth-order valence-electron chi connectivity index (χ4n) is 12.2. The number of fused-ring (bicyclic) bond motifs is 16. The summed E-state index contributed by atoms with van der Waals surface area (Å²) in [5.41, 5.74) is 22.3. The maximum atomic E-state index is 2.50. The van der Waals surface area contributed by atoms with Gasteiger partial charge in [-0.25, -0.2) is 0 Å². The highest BCUT2D eigenvalue weighted by atomic mass is 32.1. The topological polar surface area (TPSA) is 3.24 Å². The van der Waals surface area contributed by atoms with E-state index >= 15 is 0 Å². The van der Waals surface area contributed by atoms with Crippen molar-refractivity contribution in [3.8, 4) is 44.5 Å². The predicted octanol–water partition coefficient (Wildman–Crippen LogP) is 16.9. The Kier molecular flexibility index (Phi) is 7.68. The first kappa shape index (κ1) is 36.7. The molecule has 0 saturated carbocycles. The van der Waals surface area contributed by atoms with Crippen molar-refractivity contribution in [3.63, 3.8) is 0 Å². The Labute approximate surface area is 383 Å². The van der Waals surface area contributed by atoms with Gasteiger partial charge in [0.05, 0.1) is 5.41 Å². The van der Waals surface area contributed by atoms with Crippen LogP contribution < -0.4 is 4.90 Å². The standard InChI is InChI=1S/C63H41NS/c1-62(40-18-4-2-5-19-40)56-32-17-26-49(51-28-16-27-50-48-25-11-15-33-59(48)65-61(50)51)60(56)52-37-35-42(38-57(52)62)64(41-20-6-3-7-21-41)43-34-36-47-46-24-10-14-31-55(46)63(58(47)39-43)53-29-12-8-22-44(53)45-23-9-13-30-54(45)63/h2-39H,1H3. The predicted molar refractivity (Wildman–Crippen MR) is 273 cm³/mol. The van der Waals surface area contributed by atoms with Crippen LogP contribution >= 0.6 is 11.3 Å². The second kappa shape index (κ2) is 13.6. The van der Waals surface area contributed by atoms with E-state index in [9.17, 15) is 0 Å². The van der Waals surface area contributed by atoms with Gasteiger partial charge in [0.1, 0.15) is 0 Å². The summed E-state index contributed by atoms with van der Waals surface area (Å²) in [6.07, 6.45) is 0. The molecule has 1 atom stereocenters. The van der Waals surface area contributed by atoms with Crippen molar-refractivity contribution in [2.24, 2.45) is 0 Å². The van der Waals surface area contributed by atoms with Crippen LogP contribution in [-0.2, 0) is 10.8 Å². The van der Waals surface area contributed by atoms with Gasteiger partial charge < -0.3 is 4.90 Å². The van der Waals surface area contributed by atoms with E-state index in [1.165, 1.54) is 104 Å². The first-order valence-corrected chi connectivity index (χ1v) is 23.5. The van der Waals surface area contributed by atoms with E-state index in [1.807, 2.05) is 11.3 Å². The van der Waals surface area contributed by atoms with Crippen molar-refractivity contribution < 1.29 is 0 Å². The molecule has 0 aliphatic heterocycles. The molecular formula is C63H41NS. The second-order valence-electron chi connectivity index (χ2n) is 18.0. The molecule has 1 spiro atoms. The molecule has 1 unspecified atom stereocenters. The zero-order valence-electron chi connectivity index (χ0n) is 35.8. The summed E-state index contributed by atoms with van der Waals surface area (Å²) in [5.74, 6) is 0. The van der Waals surface area contributed by atoms with Crippen LogP contribution in [0, 0.1) is 0 Å². The van der Waals surface area contributed by atoms with Crippen LogP contribution in [0.4, 0.5) is 17.1 Å². The zero-order valence-corrected chi connectivity index (χ0v) is 36.6. The lowest BCUT2D eigenvalue weighted by molar-refractivity contribution is 0.714. The first-order valence-electron chi connectivity index (χ1n) is 22.7. The number of hydrogen-bond acceptors (Lipinski definition) is 2. The van der Waals surface area contributed by atoms with Gasteiger partial charge in [0.15, 0.2) is 0 Å². The molecule has 11 aromatic rings. The minimum atomic E-state index is -0.434. The van der Waals surface area contributed by atoms with Crippen LogP contribution in [0.25, 0.3) is 64.7 Å². The van der Waals surface area contributed by atoms with Gasteiger partial charge in [0, 0.05) is 48.2 Å². The van der Waals surface area contributed by atoms with Crippen LogP contribution in [0.2, 0.25) is 0 Å². The molecule has 1 nitrogen and oxygen atoms in total. The molecule has 3 aliphatic rings. The van der Waals surface area contributed by atoms with Gasteiger partial charge in [-0.15, -0.1) is 11.3 Å². The second-order valence-corrected chi connectivity index (χ2v) is 19.1. The minimum absolute atomic E-state index is 0.407. The quantitative estimate of drug-likeness (QED) is 0.167. The van der Waals surface area contributed by atoms with E-state index in [-0.39, 0.29) is 0 Å². The summed E-state index contributed by atoms with van der Waals surface area (Å²) in [7, 11) is 0. The lowest BCUT2D eigenvalue weighted by Crippen LogP contribution is -2.26. The SMILES string of the molecule is CC1(c2ccccc2)c2cc(N(c3ccccc3)c3ccc4c(c3)C3(c5ccccc5-c5ccccc53)c3ccccc3-4)ccc2-c2c(-c3cccc4c3sc3ccccc34)cccc21. The lowest BCUT2D eigenvalue weighted by atomic mass is 9.70. The number of benzene rings is 10. The Hall–Kier alpha value is -7.78. The highest BCUT2D eigenvalue weighted by molar-refractivity contribution is 7.26. The molecule has 0 saturated heterocycles. The van der Waals surface area contributed by atoms with Gasteiger partial charge in [-0.1, -0.05) is 188 Å². The summed E-state index contributed by atoms with van der Waals surface area (Å²) in [6, 6.07) is 86.5. The van der Waals surface area contributed by atoms with E-state index in [1.54, 1.807) is 0 Å². The average molecular weight is 844 g/mol. The number of hydrogen-bond donors (Lipinski definition) is 0. The fourth-order valence-corrected chi connectivity index (χ4v) is 13.5. The third-order valence-electron chi connectivity index (χ3n) is 15.0. The molecule has 0 radical (unpaired) electrons. The number of anilines is 3. The lowest BCUT2D eigenvalue weighted by Gasteiger charge is -2.33. The summed E-state index contributed by atoms with van der Waals surface area (Å²) < 4.78 is 2.67. The minimum Gasteiger partial charge on any atom is -0.310 e. The molecule has 1 aromatic heterocycles. The van der Waals surface area contributed by atoms with Crippen molar-refractivity contribution in [1.82, 2.24) is 0 Å². The number of rotatable bonds is 5.